The van der Waals surface area contributed by atoms with Crippen LogP contribution in [0.3, 0.4) is 0 Å². The number of carbonyl (C=O) groups excluding carboxylic acids is 1. The molecular weight excluding hydrogens is 290 g/mol. The van der Waals surface area contributed by atoms with Crippen molar-refractivity contribution in [1.29, 1.82) is 5.26 Å². The molecule has 0 spiro atoms. The van der Waals surface area contributed by atoms with Gasteiger partial charge in [0.25, 0.3) is 0 Å². The normalized spacial score (nSPS) is 11.2. The number of hydrogen-bond acceptors (Lipinski definition) is 4. The van der Waals surface area contributed by atoms with Gasteiger partial charge in [0.2, 0.25) is 5.91 Å². The van der Waals surface area contributed by atoms with E-state index >= 15 is 0 Å². The summed E-state index contributed by atoms with van der Waals surface area (Å²) in [4.78, 5) is 12.3. The average Bonchev–Trinajstić information content (AvgIpc) is 2.55. The van der Waals surface area contributed by atoms with Crippen LogP contribution in [0.2, 0.25) is 0 Å². The molecule has 23 heavy (non-hydrogen) atoms. The minimum absolute atomic E-state index is 0.226. The lowest BCUT2D eigenvalue weighted by molar-refractivity contribution is -0.116. The van der Waals surface area contributed by atoms with Gasteiger partial charge < -0.3 is 15.4 Å². The first-order valence-electron chi connectivity index (χ1n) is 7.26. The molecule has 0 unspecified atom stereocenters. The number of nitrogens with zero attached hydrogens (tertiary/aromatic N) is 1. The van der Waals surface area contributed by atoms with Crippen LogP contribution in [0.1, 0.15) is 18.1 Å². The van der Waals surface area contributed by atoms with Crippen LogP contribution in [0, 0.1) is 18.3 Å². The fourth-order valence-corrected chi connectivity index (χ4v) is 2.16. The van der Waals surface area contributed by atoms with Gasteiger partial charge in [-0.25, -0.2) is 0 Å². The number of nitrogens with one attached hydrogen (secondary N) is 2. The minimum atomic E-state index is -0.488. The molecule has 0 saturated carbocycles. The molecule has 118 valence electrons. The zero-order chi connectivity index (χ0) is 16.8. The summed E-state index contributed by atoms with van der Waals surface area (Å²) in [5, 5.41) is 15.0. The Morgan fingerprint density at radius 1 is 1.22 bits per heavy atom. The van der Waals surface area contributed by atoms with Crippen molar-refractivity contribution in [2.24, 2.45) is 0 Å². The van der Waals surface area contributed by atoms with Crippen LogP contribution in [0.15, 0.2) is 42.5 Å². The molecule has 5 heteroatoms. The van der Waals surface area contributed by atoms with Crippen molar-refractivity contribution in [3.8, 4) is 11.8 Å². The topological polar surface area (TPSA) is 74.2 Å². The van der Waals surface area contributed by atoms with Gasteiger partial charge in [0.05, 0.1) is 24.0 Å². The van der Waals surface area contributed by atoms with E-state index in [0.29, 0.717) is 17.0 Å². The summed E-state index contributed by atoms with van der Waals surface area (Å²) in [7, 11) is 1.59. The first kappa shape index (κ1) is 16.4. The molecule has 2 N–H and O–H groups in total. The Hall–Kier alpha value is -3.00. The number of methoxy groups -OCH3 is 1. The maximum Gasteiger partial charge on any atom is 0.246 e. The molecule has 2 aromatic carbocycles. The molecule has 2 rings (SSSR count). The minimum Gasteiger partial charge on any atom is -0.495 e. The van der Waals surface area contributed by atoms with Gasteiger partial charge in [0, 0.05) is 0 Å². The van der Waals surface area contributed by atoms with Gasteiger partial charge in [-0.05, 0) is 43.7 Å². The van der Waals surface area contributed by atoms with Gasteiger partial charge >= 0.3 is 0 Å². The van der Waals surface area contributed by atoms with Crippen LogP contribution >= 0.6 is 0 Å². The molecular formula is C18H19N3O2. The van der Waals surface area contributed by atoms with Crippen molar-refractivity contribution < 1.29 is 9.53 Å². The highest BCUT2D eigenvalue weighted by Gasteiger charge is 2.16. The lowest BCUT2D eigenvalue weighted by Crippen LogP contribution is -2.32. The molecule has 0 heterocycles. The zero-order valence-electron chi connectivity index (χ0n) is 13.4. The summed E-state index contributed by atoms with van der Waals surface area (Å²) in [5.41, 5.74) is 2.76. The molecule has 0 aliphatic rings. The van der Waals surface area contributed by atoms with E-state index in [-0.39, 0.29) is 5.91 Å². The first-order chi connectivity index (χ1) is 11.0. The predicted molar refractivity (Wildman–Crippen MR) is 90.6 cm³/mol. The summed E-state index contributed by atoms with van der Waals surface area (Å²) in [6.07, 6.45) is 0. The van der Waals surface area contributed by atoms with Crippen molar-refractivity contribution >= 4 is 17.3 Å². The van der Waals surface area contributed by atoms with Crippen molar-refractivity contribution in [1.82, 2.24) is 0 Å². The van der Waals surface area contributed by atoms with Gasteiger partial charge in [0.1, 0.15) is 17.9 Å². The van der Waals surface area contributed by atoms with E-state index in [9.17, 15) is 4.79 Å². The molecule has 0 fully saturated rings. The number of rotatable bonds is 5. The highest BCUT2D eigenvalue weighted by molar-refractivity contribution is 5.97. The lowest BCUT2D eigenvalue weighted by atomic mass is 10.1. The molecule has 0 aromatic heterocycles. The van der Waals surface area contributed by atoms with Crippen LogP contribution in [-0.2, 0) is 4.79 Å². The highest BCUT2D eigenvalue weighted by atomic mass is 16.5. The summed E-state index contributed by atoms with van der Waals surface area (Å²) >= 11 is 0. The van der Waals surface area contributed by atoms with Gasteiger partial charge in [0.15, 0.2) is 0 Å². The van der Waals surface area contributed by atoms with Crippen LogP contribution in [0.25, 0.3) is 0 Å². The molecule has 0 radical (unpaired) electrons. The summed E-state index contributed by atoms with van der Waals surface area (Å²) in [6.45, 7) is 3.73. The van der Waals surface area contributed by atoms with Crippen LogP contribution in [-0.4, -0.2) is 19.1 Å². The van der Waals surface area contributed by atoms with Crippen molar-refractivity contribution in [2.75, 3.05) is 17.7 Å². The monoisotopic (exact) mass is 309 g/mol. The van der Waals surface area contributed by atoms with E-state index in [1.54, 1.807) is 38.3 Å². The number of anilines is 2. The number of carbonyl (C=O) groups is 1. The van der Waals surface area contributed by atoms with Crippen LogP contribution < -0.4 is 15.4 Å². The third kappa shape index (κ3) is 4.01. The third-order valence-electron chi connectivity index (χ3n) is 3.43. The molecule has 1 amide bonds. The number of hydrogen-bond donors (Lipinski definition) is 2. The number of amides is 1. The van der Waals surface area contributed by atoms with Gasteiger partial charge in [-0.15, -0.1) is 0 Å². The Balaban J connectivity index is 2.12. The van der Waals surface area contributed by atoms with E-state index in [0.717, 1.165) is 11.3 Å². The van der Waals surface area contributed by atoms with Gasteiger partial charge in [-0.3, -0.25) is 4.79 Å². The lowest BCUT2D eigenvalue weighted by Gasteiger charge is -2.18. The maximum absolute atomic E-state index is 12.3. The Morgan fingerprint density at radius 2 is 1.96 bits per heavy atom. The SMILES string of the molecule is COc1ccc(C)cc1N[C@@H](C)C(=O)Nc1ccccc1C#N. The summed E-state index contributed by atoms with van der Waals surface area (Å²) in [6, 6.07) is 14.2. The Kier molecular flexibility index (Phi) is 5.21. The number of ether oxygens (including phenoxy) is 1. The fourth-order valence-electron chi connectivity index (χ4n) is 2.16. The Bertz CT molecular complexity index is 750. The number of benzene rings is 2. The molecule has 5 nitrogen and oxygen atoms in total. The second-order valence-corrected chi connectivity index (χ2v) is 5.22. The molecule has 0 saturated heterocycles. The number of nitriles is 1. The molecule has 0 aliphatic heterocycles. The van der Waals surface area contributed by atoms with Crippen LogP contribution in [0.4, 0.5) is 11.4 Å². The maximum atomic E-state index is 12.3. The smallest absolute Gasteiger partial charge is 0.246 e. The molecule has 2 aromatic rings. The standard InChI is InChI=1S/C18H19N3O2/c1-12-8-9-17(23-3)16(10-12)20-13(2)18(22)21-15-7-5-4-6-14(15)11-19/h4-10,13,20H,1-3H3,(H,21,22)/t13-/m0/s1. The van der Waals surface area contributed by atoms with Crippen molar-refractivity contribution in [3.05, 3.63) is 53.6 Å². The third-order valence-corrected chi connectivity index (χ3v) is 3.43. The first-order valence-corrected chi connectivity index (χ1v) is 7.26. The molecule has 0 bridgehead atoms. The molecule has 0 aliphatic carbocycles. The van der Waals surface area contributed by atoms with Crippen molar-refractivity contribution in [3.63, 3.8) is 0 Å². The second-order valence-electron chi connectivity index (χ2n) is 5.22. The van der Waals surface area contributed by atoms with Crippen LogP contribution in [0.5, 0.6) is 5.75 Å². The largest absolute Gasteiger partial charge is 0.495 e. The summed E-state index contributed by atoms with van der Waals surface area (Å²) < 4.78 is 5.30. The predicted octanol–water partition coefficient (Wildman–Crippen LogP) is 3.31. The fraction of sp³-hybridized carbons (Fsp3) is 0.222. The second kappa shape index (κ2) is 7.32. The molecule has 1 atom stereocenters. The van der Waals surface area contributed by atoms with E-state index in [1.165, 1.54) is 0 Å². The average molecular weight is 309 g/mol. The quantitative estimate of drug-likeness (QED) is 0.888. The Morgan fingerprint density at radius 3 is 2.65 bits per heavy atom. The van der Waals surface area contributed by atoms with Gasteiger partial charge in [-0.1, -0.05) is 18.2 Å². The zero-order valence-corrected chi connectivity index (χ0v) is 13.4. The van der Waals surface area contributed by atoms with Crippen molar-refractivity contribution in [2.45, 2.75) is 19.9 Å². The van der Waals surface area contributed by atoms with E-state index in [1.807, 2.05) is 25.1 Å². The summed E-state index contributed by atoms with van der Waals surface area (Å²) in [5.74, 6) is 0.448. The van der Waals surface area contributed by atoms with Gasteiger partial charge in [-0.2, -0.15) is 5.26 Å². The number of aryl methyl sites for hydroxylation is 1. The van der Waals surface area contributed by atoms with E-state index in [4.69, 9.17) is 10.00 Å². The van der Waals surface area contributed by atoms with E-state index < -0.39 is 6.04 Å². The highest BCUT2D eigenvalue weighted by Crippen LogP contribution is 2.26. The Labute approximate surface area is 135 Å². The van der Waals surface area contributed by atoms with E-state index in [2.05, 4.69) is 16.7 Å². The number of para-hydroxylation sites is 1.